The molecular formula is C14H22N6O. The maximum atomic E-state index is 12.2. The van der Waals surface area contributed by atoms with Crippen LogP contribution in [-0.2, 0) is 20.0 Å². The van der Waals surface area contributed by atoms with Crippen LogP contribution in [0.5, 0.6) is 0 Å². The average Bonchev–Trinajstić information content (AvgIpc) is 2.98. The van der Waals surface area contributed by atoms with Gasteiger partial charge in [-0.15, -0.1) is 0 Å². The second-order valence-corrected chi connectivity index (χ2v) is 5.37. The van der Waals surface area contributed by atoms with Crippen molar-refractivity contribution < 1.29 is 4.79 Å². The van der Waals surface area contributed by atoms with Gasteiger partial charge in [0.1, 0.15) is 0 Å². The average molecular weight is 290 g/mol. The molecule has 0 aliphatic rings. The summed E-state index contributed by atoms with van der Waals surface area (Å²) in [5.41, 5.74) is 9.41. The number of anilines is 1. The van der Waals surface area contributed by atoms with E-state index in [1.54, 1.807) is 4.68 Å². The molecule has 0 fully saturated rings. The Morgan fingerprint density at radius 1 is 1.52 bits per heavy atom. The lowest BCUT2D eigenvalue weighted by atomic mass is 10.1. The quantitative estimate of drug-likeness (QED) is 0.773. The van der Waals surface area contributed by atoms with E-state index in [2.05, 4.69) is 20.6 Å². The van der Waals surface area contributed by atoms with E-state index >= 15 is 0 Å². The zero-order chi connectivity index (χ0) is 15.6. The third kappa shape index (κ3) is 3.07. The lowest BCUT2D eigenvalue weighted by Crippen LogP contribution is -2.24. The van der Waals surface area contributed by atoms with Crippen molar-refractivity contribution in [3.63, 3.8) is 0 Å². The van der Waals surface area contributed by atoms with Gasteiger partial charge in [0, 0.05) is 25.4 Å². The van der Waals surface area contributed by atoms with Gasteiger partial charge < -0.3 is 11.1 Å². The summed E-state index contributed by atoms with van der Waals surface area (Å²) in [6, 6.07) is 0. The Bertz CT molecular complexity index is 640. The fourth-order valence-corrected chi connectivity index (χ4v) is 2.27. The van der Waals surface area contributed by atoms with Crippen LogP contribution in [-0.4, -0.2) is 25.9 Å². The van der Waals surface area contributed by atoms with E-state index in [4.69, 9.17) is 5.73 Å². The van der Waals surface area contributed by atoms with E-state index in [1.165, 1.54) is 0 Å². The van der Waals surface area contributed by atoms with Crippen LogP contribution in [0.3, 0.4) is 0 Å². The molecule has 114 valence electrons. The molecule has 2 heterocycles. The highest BCUT2D eigenvalue weighted by molar-refractivity contribution is 5.97. The topological polar surface area (TPSA) is 102 Å². The van der Waals surface area contributed by atoms with Gasteiger partial charge in [0.15, 0.2) is 5.69 Å². The number of hydrogen-bond donors (Lipinski definition) is 3. The minimum atomic E-state index is -0.276. The summed E-state index contributed by atoms with van der Waals surface area (Å²) in [5.74, 6) is -0.0781. The highest BCUT2D eigenvalue weighted by Gasteiger charge is 2.19. The smallest absolute Gasteiger partial charge is 0.274 e. The number of carbonyl (C=O) groups is 1. The zero-order valence-corrected chi connectivity index (χ0v) is 12.9. The lowest BCUT2D eigenvalue weighted by Gasteiger charge is -2.05. The number of nitrogens with zero attached hydrogens (tertiary/aromatic N) is 3. The maximum absolute atomic E-state index is 12.2. The molecule has 2 aromatic heterocycles. The fraction of sp³-hybridized carbons (Fsp3) is 0.500. The van der Waals surface area contributed by atoms with Gasteiger partial charge >= 0.3 is 0 Å². The van der Waals surface area contributed by atoms with Gasteiger partial charge in [-0.05, 0) is 12.3 Å². The molecule has 2 rings (SSSR count). The van der Waals surface area contributed by atoms with Crippen molar-refractivity contribution >= 4 is 11.6 Å². The van der Waals surface area contributed by atoms with Crippen molar-refractivity contribution in [3.8, 4) is 0 Å². The van der Waals surface area contributed by atoms with Gasteiger partial charge in [0.2, 0.25) is 0 Å². The molecule has 0 unspecified atom stereocenters. The number of hydrogen-bond acceptors (Lipinski definition) is 4. The van der Waals surface area contributed by atoms with Gasteiger partial charge in [-0.25, -0.2) is 0 Å². The molecular weight excluding hydrogens is 268 g/mol. The molecule has 0 saturated heterocycles. The highest BCUT2D eigenvalue weighted by atomic mass is 16.1. The molecule has 7 nitrogen and oxygen atoms in total. The van der Waals surface area contributed by atoms with Crippen molar-refractivity contribution in [2.24, 2.45) is 7.05 Å². The van der Waals surface area contributed by atoms with Crippen LogP contribution in [0.2, 0.25) is 0 Å². The largest absolute Gasteiger partial charge is 0.395 e. The molecule has 21 heavy (non-hydrogen) atoms. The van der Waals surface area contributed by atoms with Crippen LogP contribution in [0.15, 0.2) is 6.20 Å². The summed E-state index contributed by atoms with van der Waals surface area (Å²) in [6.07, 6.45) is 2.74. The Balaban J connectivity index is 2.08. The van der Waals surface area contributed by atoms with E-state index in [0.29, 0.717) is 12.2 Å². The Kier molecular flexibility index (Phi) is 4.30. The molecule has 4 N–H and O–H groups in total. The summed E-state index contributed by atoms with van der Waals surface area (Å²) < 4.78 is 1.75. The molecule has 1 amide bonds. The van der Waals surface area contributed by atoms with E-state index in [-0.39, 0.29) is 17.5 Å². The molecule has 2 aromatic rings. The van der Waals surface area contributed by atoms with Gasteiger partial charge in [-0.3, -0.25) is 14.6 Å². The number of carbonyl (C=O) groups excluding carboxylic acids is 1. The van der Waals surface area contributed by atoms with Crippen LogP contribution in [0, 0.1) is 0 Å². The van der Waals surface area contributed by atoms with Gasteiger partial charge in [0.25, 0.3) is 5.91 Å². The molecule has 0 radical (unpaired) electrons. The molecule has 0 aliphatic carbocycles. The standard InChI is InChI=1S/C14H22N6O/c1-5-10-9(7-20(4)19-10)6-16-14(21)13-11(15)12(8(2)3)17-18-13/h7-8H,5-6,15H2,1-4H3,(H,16,21)(H,17,18). The predicted octanol–water partition coefficient (Wildman–Crippen LogP) is 1.34. The Morgan fingerprint density at radius 3 is 2.81 bits per heavy atom. The van der Waals surface area contributed by atoms with E-state index < -0.39 is 0 Å². The van der Waals surface area contributed by atoms with Gasteiger partial charge in [-0.2, -0.15) is 10.2 Å². The third-order valence-corrected chi connectivity index (χ3v) is 3.39. The molecule has 0 spiro atoms. The summed E-state index contributed by atoms with van der Waals surface area (Å²) in [7, 11) is 1.87. The highest BCUT2D eigenvalue weighted by Crippen LogP contribution is 2.21. The lowest BCUT2D eigenvalue weighted by molar-refractivity contribution is 0.0946. The minimum Gasteiger partial charge on any atom is -0.395 e. The zero-order valence-electron chi connectivity index (χ0n) is 12.9. The van der Waals surface area contributed by atoms with Crippen molar-refractivity contribution in [1.82, 2.24) is 25.3 Å². The Labute approximate surface area is 123 Å². The van der Waals surface area contributed by atoms with Crippen molar-refractivity contribution in [2.75, 3.05) is 5.73 Å². The Hall–Kier alpha value is -2.31. The maximum Gasteiger partial charge on any atom is 0.274 e. The van der Waals surface area contributed by atoms with Crippen molar-refractivity contribution in [1.29, 1.82) is 0 Å². The number of nitrogens with one attached hydrogen (secondary N) is 2. The first-order valence-corrected chi connectivity index (χ1v) is 7.07. The summed E-state index contributed by atoms with van der Waals surface area (Å²) in [5, 5.41) is 14.0. The first kappa shape index (κ1) is 15.1. The van der Waals surface area contributed by atoms with Crippen molar-refractivity contribution in [2.45, 2.75) is 39.7 Å². The number of rotatable bonds is 5. The molecule has 7 heteroatoms. The molecule has 0 saturated carbocycles. The number of amides is 1. The molecule has 0 aliphatic heterocycles. The Morgan fingerprint density at radius 2 is 2.24 bits per heavy atom. The number of nitrogens with two attached hydrogens (primary N) is 1. The van der Waals surface area contributed by atoms with E-state index in [0.717, 1.165) is 23.4 Å². The van der Waals surface area contributed by atoms with Gasteiger partial charge in [-0.1, -0.05) is 20.8 Å². The van der Waals surface area contributed by atoms with Crippen LogP contribution < -0.4 is 11.1 Å². The minimum absolute atomic E-state index is 0.198. The van der Waals surface area contributed by atoms with E-state index in [9.17, 15) is 4.79 Å². The number of aryl methyl sites for hydroxylation is 2. The van der Waals surface area contributed by atoms with Crippen LogP contribution in [0.25, 0.3) is 0 Å². The molecule has 0 aromatic carbocycles. The first-order chi connectivity index (χ1) is 9.93. The SMILES string of the molecule is CCc1nn(C)cc1CNC(=O)c1n[nH]c(C(C)C)c1N. The van der Waals surface area contributed by atoms with Crippen LogP contribution >= 0.6 is 0 Å². The second-order valence-electron chi connectivity index (χ2n) is 5.37. The molecule has 0 atom stereocenters. The van der Waals surface area contributed by atoms with Gasteiger partial charge in [0.05, 0.1) is 17.1 Å². The summed E-state index contributed by atoms with van der Waals surface area (Å²) in [6.45, 7) is 6.44. The second kappa shape index (κ2) is 5.99. The monoisotopic (exact) mass is 290 g/mol. The fourth-order valence-electron chi connectivity index (χ4n) is 2.27. The number of aromatic nitrogens is 4. The van der Waals surface area contributed by atoms with Crippen molar-refractivity contribution in [3.05, 3.63) is 28.8 Å². The summed E-state index contributed by atoms with van der Waals surface area (Å²) >= 11 is 0. The van der Waals surface area contributed by atoms with Crippen LogP contribution in [0.1, 0.15) is 54.1 Å². The van der Waals surface area contributed by atoms with E-state index in [1.807, 2.05) is 34.0 Å². The number of nitrogen functional groups attached to an aromatic ring is 1. The normalized spacial score (nSPS) is 11.1. The summed E-state index contributed by atoms with van der Waals surface area (Å²) in [4.78, 5) is 12.2. The van der Waals surface area contributed by atoms with Crippen LogP contribution in [0.4, 0.5) is 5.69 Å². The molecule has 0 bridgehead atoms. The number of H-pyrrole nitrogens is 1. The first-order valence-electron chi connectivity index (χ1n) is 7.07. The number of aromatic amines is 1. The third-order valence-electron chi connectivity index (χ3n) is 3.39. The predicted molar refractivity (Wildman–Crippen MR) is 80.8 cm³/mol.